The maximum absolute atomic E-state index is 13.2. The van der Waals surface area contributed by atoms with Gasteiger partial charge < -0.3 is 9.04 Å². The summed E-state index contributed by atoms with van der Waals surface area (Å²) in [5.74, 6) is -0.453. The van der Waals surface area contributed by atoms with Crippen LogP contribution in [0.5, 0.6) is 0 Å². The van der Waals surface area contributed by atoms with Gasteiger partial charge in [-0.15, -0.1) is 0 Å². The van der Waals surface area contributed by atoms with Crippen LogP contribution >= 0.6 is 35.1 Å². The topological polar surface area (TPSA) is 66.9 Å². The summed E-state index contributed by atoms with van der Waals surface area (Å²) < 4.78 is 35.2. The van der Waals surface area contributed by atoms with Crippen LogP contribution < -0.4 is 8.61 Å². The number of ether oxygens (including phenoxy) is 1. The third kappa shape index (κ3) is 7.35. The summed E-state index contributed by atoms with van der Waals surface area (Å²) in [5.41, 5.74) is 2.42. The first kappa shape index (κ1) is 27.6. The molecule has 0 spiro atoms. The molecule has 0 radical (unpaired) electrons. The number of carbonyl (C=O) groups excluding carboxylic acids is 1. The van der Waals surface area contributed by atoms with Gasteiger partial charge in [-0.25, -0.2) is 8.42 Å². The number of esters is 1. The van der Waals surface area contributed by atoms with E-state index < -0.39 is 15.6 Å². The number of carbonyl (C=O) groups is 1. The SMILES string of the molecule is CC(C)(C)OC(=O)CN(Sc1cc(Cl)cc(Cl)c1)c1ccc2c(c1)CCN2S(=O)(=O)Cc1ccccc1. The van der Waals surface area contributed by atoms with E-state index in [4.69, 9.17) is 27.9 Å². The zero-order chi connectivity index (χ0) is 26.8. The molecule has 0 unspecified atom stereocenters. The third-order valence-electron chi connectivity index (χ3n) is 5.48. The largest absolute Gasteiger partial charge is 0.459 e. The Balaban J connectivity index is 1.61. The number of anilines is 2. The predicted molar refractivity (Wildman–Crippen MR) is 152 cm³/mol. The summed E-state index contributed by atoms with van der Waals surface area (Å²) in [6.45, 7) is 5.80. The van der Waals surface area contributed by atoms with Crippen LogP contribution in [0.2, 0.25) is 10.0 Å². The summed E-state index contributed by atoms with van der Waals surface area (Å²) in [6.07, 6.45) is 0.575. The van der Waals surface area contributed by atoms with Crippen LogP contribution in [0.4, 0.5) is 11.4 Å². The second-order valence-electron chi connectivity index (χ2n) is 9.70. The molecular formula is C27H28Cl2N2O4S2. The van der Waals surface area contributed by atoms with Gasteiger partial charge in [0.15, 0.2) is 0 Å². The lowest BCUT2D eigenvalue weighted by atomic mass is 10.1. The normalized spacial score (nSPS) is 13.4. The standard InChI is InChI=1S/C27H28Cl2N2O4S2/c1-27(2,3)35-26(32)17-30(36-24-15-21(28)14-22(29)16-24)23-9-10-25-20(13-23)11-12-31(25)37(33,34)18-19-7-5-4-6-8-19/h4-10,13-16H,11-12,17-18H2,1-3H3. The van der Waals surface area contributed by atoms with Crippen molar-refractivity contribution in [2.24, 2.45) is 0 Å². The Morgan fingerprint density at radius 2 is 1.70 bits per heavy atom. The summed E-state index contributed by atoms with van der Waals surface area (Å²) in [4.78, 5) is 13.5. The van der Waals surface area contributed by atoms with Crippen LogP contribution in [-0.4, -0.2) is 33.1 Å². The lowest BCUT2D eigenvalue weighted by Crippen LogP contribution is -2.31. The summed E-state index contributed by atoms with van der Waals surface area (Å²) in [5, 5.41) is 0.973. The van der Waals surface area contributed by atoms with Crippen LogP contribution in [-0.2, 0) is 31.7 Å². The number of nitrogens with zero attached hydrogens (tertiary/aromatic N) is 2. The molecule has 10 heteroatoms. The first-order valence-corrected chi connectivity index (χ1v) is 14.8. The number of hydrogen-bond acceptors (Lipinski definition) is 6. The van der Waals surface area contributed by atoms with Crippen LogP contribution in [0, 0.1) is 0 Å². The first-order chi connectivity index (χ1) is 17.4. The number of rotatable bonds is 8. The number of benzene rings is 3. The van der Waals surface area contributed by atoms with Gasteiger partial charge in [-0.3, -0.25) is 9.10 Å². The van der Waals surface area contributed by atoms with Gasteiger partial charge in [0.1, 0.15) is 12.1 Å². The molecule has 1 aliphatic rings. The molecule has 1 aliphatic heterocycles. The molecule has 0 amide bonds. The molecule has 0 N–H and O–H groups in total. The van der Waals surface area contributed by atoms with E-state index in [1.807, 2.05) is 63.2 Å². The second-order valence-corrected chi connectivity index (χ2v) is 13.6. The highest BCUT2D eigenvalue weighted by molar-refractivity contribution is 8.00. The highest BCUT2D eigenvalue weighted by Crippen LogP contribution is 2.38. The minimum atomic E-state index is -3.55. The molecule has 0 saturated heterocycles. The van der Waals surface area contributed by atoms with Crippen LogP contribution in [0.1, 0.15) is 31.9 Å². The van der Waals surface area contributed by atoms with E-state index in [2.05, 4.69) is 0 Å². The molecule has 196 valence electrons. The van der Waals surface area contributed by atoms with Crippen molar-refractivity contribution in [3.63, 3.8) is 0 Å². The smallest absolute Gasteiger partial charge is 0.327 e. The number of halogens is 2. The molecule has 0 aliphatic carbocycles. The Labute approximate surface area is 232 Å². The molecule has 4 rings (SSSR count). The Hall–Kier alpha value is -2.39. The minimum absolute atomic E-state index is 0.0269. The minimum Gasteiger partial charge on any atom is -0.459 e. The molecule has 1 heterocycles. The van der Waals surface area contributed by atoms with Gasteiger partial charge in [0, 0.05) is 27.2 Å². The average Bonchev–Trinajstić information content (AvgIpc) is 3.21. The van der Waals surface area contributed by atoms with E-state index in [1.54, 1.807) is 28.6 Å². The van der Waals surface area contributed by atoms with Gasteiger partial charge in [-0.1, -0.05) is 53.5 Å². The van der Waals surface area contributed by atoms with Crippen LogP contribution in [0.3, 0.4) is 0 Å². The van der Waals surface area contributed by atoms with Crippen molar-refractivity contribution in [2.45, 2.75) is 43.4 Å². The maximum Gasteiger partial charge on any atom is 0.327 e. The van der Waals surface area contributed by atoms with Gasteiger partial charge in [-0.05, 0) is 86.7 Å². The van der Waals surface area contributed by atoms with Crippen LogP contribution in [0.25, 0.3) is 0 Å². The van der Waals surface area contributed by atoms with E-state index in [1.165, 1.54) is 16.3 Å². The van der Waals surface area contributed by atoms with Crippen molar-refractivity contribution in [1.29, 1.82) is 0 Å². The molecule has 3 aromatic carbocycles. The van der Waals surface area contributed by atoms with Crippen molar-refractivity contribution in [3.8, 4) is 0 Å². The second kappa shape index (κ2) is 11.2. The number of fused-ring (bicyclic) bond motifs is 1. The molecular weight excluding hydrogens is 551 g/mol. The predicted octanol–water partition coefficient (Wildman–Crippen LogP) is 6.74. The quantitative estimate of drug-likeness (QED) is 0.218. The number of sulfonamides is 1. The Kier molecular flexibility index (Phi) is 8.33. The van der Waals surface area contributed by atoms with Gasteiger partial charge in [0.05, 0.1) is 11.4 Å². The Bertz CT molecular complexity index is 1370. The summed E-state index contributed by atoms with van der Waals surface area (Å²) >= 11 is 13.7. The van der Waals surface area contributed by atoms with Gasteiger partial charge in [0.2, 0.25) is 10.0 Å². The molecule has 3 aromatic rings. The van der Waals surface area contributed by atoms with E-state index >= 15 is 0 Å². The van der Waals surface area contributed by atoms with Crippen molar-refractivity contribution in [1.82, 2.24) is 0 Å². The Morgan fingerprint density at radius 1 is 1.03 bits per heavy atom. The molecule has 6 nitrogen and oxygen atoms in total. The number of hydrogen-bond donors (Lipinski definition) is 0. The van der Waals surface area contributed by atoms with E-state index in [0.29, 0.717) is 28.7 Å². The lowest BCUT2D eigenvalue weighted by molar-refractivity contribution is -0.152. The van der Waals surface area contributed by atoms with E-state index in [0.717, 1.165) is 21.7 Å². The maximum atomic E-state index is 13.2. The Morgan fingerprint density at radius 3 is 2.35 bits per heavy atom. The summed E-state index contributed by atoms with van der Waals surface area (Å²) in [6, 6.07) is 19.9. The van der Waals surface area contributed by atoms with Crippen molar-refractivity contribution < 1.29 is 17.9 Å². The first-order valence-electron chi connectivity index (χ1n) is 11.7. The fourth-order valence-corrected chi connectivity index (χ4v) is 7.32. The molecule has 0 saturated carbocycles. The monoisotopic (exact) mass is 578 g/mol. The van der Waals surface area contributed by atoms with Gasteiger partial charge in [0.25, 0.3) is 0 Å². The van der Waals surface area contributed by atoms with Crippen molar-refractivity contribution >= 4 is 62.5 Å². The molecule has 0 aromatic heterocycles. The lowest BCUT2D eigenvalue weighted by Gasteiger charge is -2.26. The van der Waals surface area contributed by atoms with Crippen molar-refractivity contribution in [2.75, 3.05) is 21.7 Å². The zero-order valence-corrected chi connectivity index (χ0v) is 23.9. The van der Waals surface area contributed by atoms with Crippen molar-refractivity contribution in [3.05, 3.63) is 87.9 Å². The molecule has 0 fully saturated rings. The fraction of sp³-hybridized carbons (Fsp3) is 0.296. The molecule has 0 bridgehead atoms. The third-order valence-corrected chi connectivity index (χ3v) is 8.67. The summed E-state index contributed by atoms with van der Waals surface area (Å²) in [7, 11) is -3.55. The van der Waals surface area contributed by atoms with Gasteiger partial charge >= 0.3 is 5.97 Å². The fourth-order valence-electron chi connectivity index (χ4n) is 4.04. The average molecular weight is 580 g/mol. The van der Waals surface area contributed by atoms with Gasteiger partial charge in [-0.2, -0.15) is 0 Å². The zero-order valence-electron chi connectivity index (χ0n) is 20.8. The van der Waals surface area contributed by atoms with E-state index in [9.17, 15) is 13.2 Å². The van der Waals surface area contributed by atoms with Crippen LogP contribution in [0.15, 0.2) is 71.6 Å². The molecule has 0 atom stereocenters. The highest BCUT2D eigenvalue weighted by Gasteiger charge is 2.30. The molecule has 37 heavy (non-hydrogen) atoms. The highest BCUT2D eigenvalue weighted by atomic mass is 35.5. The van der Waals surface area contributed by atoms with E-state index in [-0.39, 0.29) is 18.3 Å².